The molecule has 7 heteroatoms. The van der Waals surface area contributed by atoms with Crippen molar-refractivity contribution >= 4 is 15.9 Å². The summed E-state index contributed by atoms with van der Waals surface area (Å²) in [4.78, 5) is 12.1. The largest absolute Gasteiger partial charge is 0.427 e. The van der Waals surface area contributed by atoms with Crippen molar-refractivity contribution in [1.29, 1.82) is 0 Å². The maximum absolute atomic E-state index is 13.6. The van der Waals surface area contributed by atoms with Crippen molar-refractivity contribution in [3.8, 4) is 0 Å². The predicted octanol–water partition coefficient (Wildman–Crippen LogP) is 2.25. The molecule has 4 saturated carbocycles. The molecule has 0 atom stereocenters. The molecule has 0 radical (unpaired) electrons. The number of carbonyl (C=O) groups is 1. The molecule has 4 bridgehead atoms. The van der Waals surface area contributed by atoms with Crippen molar-refractivity contribution in [2.45, 2.75) is 43.8 Å². The molecular formula is C12H16F2O4S. The van der Waals surface area contributed by atoms with Gasteiger partial charge in [-0.2, -0.15) is 17.2 Å². The van der Waals surface area contributed by atoms with Crippen LogP contribution < -0.4 is 0 Å². The number of rotatable bonds is 3. The van der Waals surface area contributed by atoms with E-state index in [2.05, 4.69) is 0 Å². The van der Waals surface area contributed by atoms with Gasteiger partial charge in [0.25, 0.3) is 0 Å². The van der Waals surface area contributed by atoms with E-state index in [-0.39, 0.29) is 17.8 Å². The summed E-state index contributed by atoms with van der Waals surface area (Å²) in [5, 5.41) is -4.67. The third kappa shape index (κ3) is 1.85. The second-order valence-corrected chi connectivity index (χ2v) is 7.98. The van der Waals surface area contributed by atoms with E-state index in [0.717, 1.165) is 19.3 Å². The number of hydrogen-bond acceptors (Lipinski definition) is 3. The molecule has 1 N–H and O–H groups in total. The van der Waals surface area contributed by atoms with Crippen molar-refractivity contribution in [3.63, 3.8) is 0 Å². The first-order valence-corrected chi connectivity index (χ1v) is 7.98. The Balaban J connectivity index is 1.96. The molecule has 4 aliphatic carbocycles. The van der Waals surface area contributed by atoms with Gasteiger partial charge < -0.3 is 0 Å². The van der Waals surface area contributed by atoms with Gasteiger partial charge in [-0.3, -0.25) is 9.35 Å². The number of ketones is 1. The lowest BCUT2D eigenvalue weighted by molar-refractivity contribution is -0.159. The Kier molecular flexibility index (Phi) is 2.65. The summed E-state index contributed by atoms with van der Waals surface area (Å²) in [7, 11) is -5.68. The van der Waals surface area contributed by atoms with Gasteiger partial charge in [0, 0.05) is 5.41 Å². The monoisotopic (exact) mass is 294 g/mol. The van der Waals surface area contributed by atoms with Gasteiger partial charge in [0.15, 0.2) is 0 Å². The summed E-state index contributed by atoms with van der Waals surface area (Å²) in [6.07, 6.45) is 3.94. The summed E-state index contributed by atoms with van der Waals surface area (Å²) in [5.74, 6) is -0.811. The number of hydrogen-bond donors (Lipinski definition) is 1. The van der Waals surface area contributed by atoms with Crippen LogP contribution in [0.25, 0.3) is 0 Å². The van der Waals surface area contributed by atoms with E-state index in [0.29, 0.717) is 19.3 Å². The lowest BCUT2D eigenvalue weighted by atomic mass is 9.48. The SMILES string of the molecule is O=C(C12CC3CC(CC(C3)C1)C2)C(F)(F)S(=O)(=O)O. The van der Waals surface area contributed by atoms with Crippen LogP contribution in [0, 0.1) is 23.2 Å². The van der Waals surface area contributed by atoms with E-state index in [1.165, 1.54) is 0 Å². The fourth-order valence-corrected chi connectivity index (χ4v) is 5.27. The molecule has 0 aromatic heterocycles. The van der Waals surface area contributed by atoms with Crippen LogP contribution in [0.3, 0.4) is 0 Å². The maximum Gasteiger partial charge on any atom is 0.427 e. The van der Waals surface area contributed by atoms with Gasteiger partial charge in [0.05, 0.1) is 0 Å². The van der Waals surface area contributed by atoms with Gasteiger partial charge in [0.1, 0.15) is 0 Å². The van der Waals surface area contributed by atoms with Crippen LogP contribution >= 0.6 is 0 Å². The number of halogens is 2. The lowest BCUT2D eigenvalue weighted by Crippen LogP contribution is -2.56. The first-order chi connectivity index (χ1) is 8.64. The number of Topliss-reactive ketones (excluding diaryl/α,β-unsaturated/α-hetero) is 1. The first-order valence-electron chi connectivity index (χ1n) is 6.54. The van der Waals surface area contributed by atoms with Gasteiger partial charge in [-0.05, 0) is 56.3 Å². The first kappa shape index (κ1) is 13.4. The van der Waals surface area contributed by atoms with Crippen LogP contribution in [0.2, 0.25) is 0 Å². The quantitative estimate of drug-likeness (QED) is 0.810. The average Bonchev–Trinajstić information content (AvgIpc) is 2.24. The average molecular weight is 294 g/mol. The lowest BCUT2D eigenvalue weighted by Gasteiger charge is -2.56. The van der Waals surface area contributed by atoms with E-state index < -0.39 is 26.6 Å². The normalized spacial score (nSPS) is 41.5. The molecule has 0 aromatic carbocycles. The summed E-state index contributed by atoms with van der Waals surface area (Å²) in [5.41, 5.74) is -1.23. The van der Waals surface area contributed by atoms with Crippen molar-refractivity contribution in [2.75, 3.05) is 0 Å². The zero-order valence-electron chi connectivity index (χ0n) is 10.3. The fourth-order valence-electron chi connectivity index (χ4n) is 4.81. The summed E-state index contributed by atoms with van der Waals surface area (Å²) in [6, 6.07) is 0. The summed E-state index contributed by atoms with van der Waals surface area (Å²) < 4.78 is 57.5. The Morgan fingerprint density at radius 2 is 1.42 bits per heavy atom. The minimum atomic E-state index is -5.68. The molecule has 0 unspecified atom stereocenters. The van der Waals surface area contributed by atoms with Crippen LogP contribution in [0.1, 0.15) is 38.5 Å². The third-order valence-electron chi connectivity index (χ3n) is 5.11. The second kappa shape index (κ2) is 3.75. The van der Waals surface area contributed by atoms with Crippen LogP contribution in [0.5, 0.6) is 0 Å². The molecule has 0 heterocycles. The molecule has 0 spiro atoms. The van der Waals surface area contributed by atoms with E-state index >= 15 is 0 Å². The van der Waals surface area contributed by atoms with Gasteiger partial charge in [0.2, 0.25) is 5.78 Å². The van der Waals surface area contributed by atoms with E-state index in [1.807, 2.05) is 0 Å². The molecule has 0 aromatic rings. The Labute approximate surface area is 110 Å². The van der Waals surface area contributed by atoms with Crippen molar-refractivity contribution in [2.24, 2.45) is 23.2 Å². The summed E-state index contributed by atoms with van der Waals surface area (Å²) >= 11 is 0. The molecule has 108 valence electrons. The summed E-state index contributed by atoms with van der Waals surface area (Å²) in [6.45, 7) is 0. The Hall–Kier alpha value is -0.560. The molecule has 4 rings (SSSR count). The molecule has 4 fully saturated rings. The van der Waals surface area contributed by atoms with Crippen LogP contribution in [-0.2, 0) is 14.9 Å². The predicted molar refractivity (Wildman–Crippen MR) is 62.1 cm³/mol. The van der Waals surface area contributed by atoms with Crippen LogP contribution in [0.15, 0.2) is 0 Å². The Morgan fingerprint density at radius 1 is 1.05 bits per heavy atom. The highest BCUT2D eigenvalue weighted by Gasteiger charge is 2.64. The van der Waals surface area contributed by atoms with Crippen molar-refractivity contribution in [3.05, 3.63) is 0 Å². The molecule has 4 nitrogen and oxygen atoms in total. The highest BCUT2D eigenvalue weighted by Crippen LogP contribution is 2.61. The number of alkyl halides is 2. The van der Waals surface area contributed by atoms with Gasteiger partial charge >= 0.3 is 15.4 Å². The maximum atomic E-state index is 13.6. The molecule has 4 aliphatic rings. The van der Waals surface area contributed by atoms with Crippen molar-refractivity contribution in [1.82, 2.24) is 0 Å². The molecule has 0 saturated heterocycles. The molecular weight excluding hydrogens is 278 g/mol. The smallest absolute Gasteiger partial charge is 0.291 e. The highest BCUT2D eigenvalue weighted by molar-refractivity contribution is 7.87. The zero-order valence-corrected chi connectivity index (χ0v) is 11.1. The molecule has 0 aliphatic heterocycles. The Bertz CT molecular complexity index is 491. The van der Waals surface area contributed by atoms with Gasteiger partial charge in [-0.15, -0.1) is 0 Å². The number of carbonyl (C=O) groups excluding carboxylic acids is 1. The van der Waals surface area contributed by atoms with E-state index in [9.17, 15) is 22.0 Å². The van der Waals surface area contributed by atoms with E-state index in [4.69, 9.17) is 4.55 Å². The molecule has 0 amide bonds. The fraction of sp³-hybridized carbons (Fsp3) is 0.917. The highest BCUT2D eigenvalue weighted by atomic mass is 32.2. The second-order valence-electron chi connectivity index (χ2n) is 6.52. The minimum absolute atomic E-state index is 0.257. The standard InChI is InChI=1S/C12H16F2O4S/c13-12(14,19(16,17)18)10(15)11-4-7-1-8(5-11)3-9(2-7)6-11/h7-9H,1-6H2,(H,16,17,18). The third-order valence-corrected chi connectivity index (χ3v) is 5.94. The van der Waals surface area contributed by atoms with Crippen LogP contribution in [-0.4, -0.2) is 24.0 Å². The minimum Gasteiger partial charge on any atom is -0.291 e. The molecule has 19 heavy (non-hydrogen) atoms. The van der Waals surface area contributed by atoms with Crippen molar-refractivity contribution < 1.29 is 26.5 Å². The topological polar surface area (TPSA) is 71.4 Å². The van der Waals surface area contributed by atoms with Gasteiger partial charge in [-0.1, -0.05) is 0 Å². The van der Waals surface area contributed by atoms with Gasteiger partial charge in [-0.25, -0.2) is 0 Å². The van der Waals surface area contributed by atoms with Crippen LogP contribution in [0.4, 0.5) is 8.78 Å². The Morgan fingerprint density at radius 3 is 1.74 bits per heavy atom. The zero-order chi connectivity index (χ0) is 14.1. The van der Waals surface area contributed by atoms with E-state index in [1.54, 1.807) is 0 Å².